The van der Waals surface area contributed by atoms with Crippen molar-refractivity contribution in [3.8, 4) is 0 Å². The van der Waals surface area contributed by atoms with Crippen LogP contribution in [0.15, 0.2) is 36.7 Å². The van der Waals surface area contributed by atoms with E-state index in [0.717, 1.165) is 24.1 Å². The molecule has 0 spiro atoms. The molecule has 2 heterocycles. The average Bonchev–Trinajstić information content (AvgIpc) is 2.54. The third-order valence-corrected chi connectivity index (χ3v) is 3.52. The lowest BCUT2D eigenvalue weighted by atomic mass is 9.98. The molecule has 0 unspecified atom stereocenters. The SMILES string of the molecule is O=C(O)c1ccc2c(c1)CCCN2C(=O)c1ccnnc1. The fourth-order valence-electron chi connectivity index (χ4n) is 2.51. The van der Waals surface area contributed by atoms with Gasteiger partial charge < -0.3 is 10.0 Å². The summed E-state index contributed by atoms with van der Waals surface area (Å²) >= 11 is 0. The number of carbonyl (C=O) groups excluding carboxylic acids is 1. The third-order valence-electron chi connectivity index (χ3n) is 3.52. The van der Waals surface area contributed by atoms with Gasteiger partial charge in [-0.05, 0) is 42.7 Å². The van der Waals surface area contributed by atoms with E-state index in [0.29, 0.717) is 12.1 Å². The van der Waals surface area contributed by atoms with E-state index in [4.69, 9.17) is 5.11 Å². The summed E-state index contributed by atoms with van der Waals surface area (Å²) in [5, 5.41) is 16.4. The zero-order valence-electron chi connectivity index (χ0n) is 11.2. The van der Waals surface area contributed by atoms with Crippen LogP contribution < -0.4 is 4.90 Å². The minimum Gasteiger partial charge on any atom is -0.478 e. The van der Waals surface area contributed by atoms with Crippen molar-refractivity contribution in [3.05, 3.63) is 53.3 Å². The number of rotatable bonds is 2. The lowest BCUT2D eigenvalue weighted by Crippen LogP contribution is -2.35. The highest BCUT2D eigenvalue weighted by atomic mass is 16.4. The molecule has 21 heavy (non-hydrogen) atoms. The van der Waals surface area contributed by atoms with Gasteiger partial charge >= 0.3 is 5.97 Å². The van der Waals surface area contributed by atoms with Crippen molar-refractivity contribution < 1.29 is 14.7 Å². The maximum Gasteiger partial charge on any atom is 0.335 e. The van der Waals surface area contributed by atoms with Crippen molar-refractivity contribution in [2.75, 3.05) is 11.4 Å². The molecule has 0 atom stereocenters. The number of aromatic carboxylic acids is 1. The van der Waals surface area contributed by atoms with E-state index in [1.807, 2.05) is 0 Å². The normalized spacial score (nSPS) is 13.6. The number of anilines is 1. The molecule has 2 aromatic rings. The predicted molar refractivity (Wildman–Crippen MR) is 75.4 cm³/mol. The minimum absolute atomic E-state index is 0.145. The molecule has 6 heteroatoms. The van der Waals surface area contributed by atoms with Crippen LogP contribution in [0.5, 0.6) is 0 Å². The molecule has 0 aliphatic carbocycles. The summed E-state index contributed by atoms with van der Waals surface area (Å²) in [4.78, 5) is 25.2. The van der Waals surface area contributed by atoms with Crippen LogP contribution in [0, 0.1) is 0 Å². The number of amides is 1. The van der Waals surface area contributed by atoms with Crippen LogP contribution in [0.1, 0.15) is 32.7 Å². The van der Waals surface area contributed by atoms with E-state index in [1.165, 1.54) is 18.5 Å². The second kappa shape index (κ2) is 5.32. The molecule has 1 aromatic heterocycles. The molecule has 0 saturated heterocycles. The van der Waals surface area contributed by atoms with Crippen LogP contribution in [0.2, 0.25) is 0 Å². The standard InChI is InChI=1S/C15H13N3O3/c19-14(12-5-6-16-17-9-12)18-7-1-2-10-8-11(15(20)21)3-4-13(10)18/h3-6,8-9H,1-2,7H2,(H,20,21). The number of carboxylic acids is 1. The summed E-state index contributed by atoms with van der Waals surface area (Å²) in [6, 6.07) is 6.49. The maximum atomic E-state index is 12.5. The van der Waals surface area contributed by atoms with Gasteiger partial charge in [0.05, 0.1) is 23.5 Å². The smallest absolute Gasteiger partial charge is 0.335 e. The topological polar surface area (TPSA) is 83.4 Å². The monoisotopic (exact) mass is 283 g/mol. The fourth-order valence-corrected chi connectivity index (χ4v) is 2.51. The maximum absolute atomic E-state index is 12.5. The highest BCUT2D eigenvalue weighted by molar-refractivity contribution is 6.06. The molecule has 6 nitrogen and oxygen atoms in total. The highest BCUT2D eigenvalue weighted by Gasteiger charge is 2.24. The second-order valence-corrected chi connectivity index (χ2v) is 4.84. The van der Waals surface area contributed by atoms with Crippen molar-refractivity contribution >= 4 is 17.6 Å². The Labute approximate surface area is 121 Å². The number of carbonyl (C=O) groups is 2. The molecule has 0 bridgehead atoms. The Bertz CT molecular complexity index is 701. The first-order chi connectivity index (χ1) is 10.2. The molecule has 0 radical (unpaired) electrons. The van der Waals surface area contributed by atoms with Crippen molar-refractivity contribution in [2.24, 2.45) is 0 Å². The summed E-state index contributed by atoms with van der Waals surface area (Å²) in [7, 11) is 0. The number of hydrogen-bond donors (Lipinski definition) is 1. The van der Waals surface area contributed by atoms with Gasteiger partial charge in [-0.2, -0.15) is 10.2 Å². The van der Waals surface area contributed by atoms with Gasteiger partial charge in [0.1, 0.15) is 0 Å². The molecule has 3 rings (SSSR count). The molecule has 1 aromatic carbocycles. The average molecular weight is 283 g/mol. The zero-order valence-corrected chi connectivity index (χ0v) is 11.2. The van der Waals surface area contributed by atoms with Gasteiger partial charge in [0, 0.05) is 12.2 Å². The van der Waals surface area contributed by atoms with Gasteiger partial charge in [-0.1, -0.05) is 0 Å². The Balaban J connectivity index is 1.97. The summed E-state index contributed by atoms with van der Waals surface area (Å²) in [6.45, 7) is 0.612. The first-order valence-electron chi connectivity index (χ1n) is 6.61. The number of hydrogen-bond acceptors (Lipinski definition) is 4. The van der Waals surface area contributed by atoms with Crippen LogP contribution in [0.4, 0.5) is 5.69 Å². The molecule has 106 valence electrons. The van der Waals surface area contributed by atoms with Gasteiger partial charge in [0.2, 0.25) is 0 Å². The van der Waals surface area contributed by atoms with Gasteiger partial charge in [0.25, 0.3) is 5.91 Å². The van der Waals surface area contributed by atoms with Gasteiger partial charge in [-0.25, -0.2) is 4.79 Å². The molecule has 0 saturated carbocycles. The van der Waals surface area contributed by atoms with Gasteiger partial charge in [-0.15, -0.1) is 0 Å². The van der Waals surface area contributed by atoms with Crippen LogP contribution in [-0.2, 0) is 6.42 Å². The first-order valence-corrected chi connectivity index (χ1v) is 6.61. The number of aromatic nitrogens is 2. The summed E-state index contributed by atoms with van der Waals surface area (Å²) in [5.41, 5.74) is 2.37. The second-order valence-electron chi connectivity index (χ2n) is 4.84. The fraction of sp³-hybridized carbons (Fsp3) is 0.200. The number of carboxylic acid groups (broad SMARTS) is 1. The lowest BCUT2D eigenvalue weighted by Gasteiger charge is -2.29. The van der Waals surface area contributed by atoms with Crippen molar-refractivity contribution in [1.82, 2.24) is 10.2 Å². The summed E-state index contributed by atoms with van der Waals surface area (Å²) in [6.07, 6.45) is 4.49. The lowest BCUT2D eigenvalue weighted by molar-refractivity contribution is 0.0696. The Hall–Kier alpha value is -2.76. The summed E-state index contributed by atoms with van der Waals surface area (Å²) < 4.78 is 0. The van der Waals surface area contributed by atoms with E-state index in [1.54, 1.807) is 23.1 Å². The van der Waals surface area contributed by atoms with E-state index in [-0.39, 0.29) is 11.5 Å². The third kappa shape index (κ3) is 2.47. The number of fused-ring (bicyclic) bond motifs is 1. The predicted octanol–water partition coefficient (Wildman–Crippen LogP) is 1.77. The quantitative estimate of drug-likeness (QED) is 0.908. The molecule has 1 amide bonds. The molecular weight excluding hydrogens is 270 g/mol. The Morgan fingerprint density at radius 3 is 2.71 bits per heavy atom. The Kier molecular flexibility index (Phi) is 3.35. The van der Waals surface area contributed by atoms with Crippen molar-refractivity contribution in [3.63, 3.8) is 0 Å². The molecule has 0 fully saturated rings. The van der Waals surface area contributed by atoms with Crippen molar-refractivity contribution in [1.29, 1.82) is 0 Å². The van der Waals surface area contributed by atoms with E-state index < -0.39 is 5.97 Å². The highest BCUT2D eigenvalue weighted by Crippen LogP contribution is 2.29. The van der Waals surface area contributed by atoms with Gasteiger partial charge in [0.15, 0.2) is 0 Å². The van der Waals surface area contributed by atoms with Crippen LogP contribution in [-0.4, -0.2) is 33.7 Å². The van der Waals surface area contributed by atoms with E-state index >= 15 is 0 Å². The van der Waals surface area contributed by atoms with Crippen LogP contribution in [0.25, 0.3) is 0 Å². The van der Waals surface area contributed by atoms with Crippen molar-refractivity contribution in [2.45, 2.75) is 12.8 Å². The van der Waals surface area contributed by atoms with Crippen LogP contribution in [0.3, 0.4) is 0 Å². The van der Waals surface area contributed by atoms with E-state index in [2.05, 4.69) is 10.2 Å². The zero-order chi connectivity index (χ0) is 14.8. The molecule has 1 aliphatic rings. The Morgan fingerprint density at radius 2 is 2.00 bits per heavy atom. The minimum atomic E-state index is -0.959. The van der Waals surface area contributed by atoms with Crippen LogP contribution >= 0.6 is 0 Å². The first kappa shape index (κ1) is 13.2. The van der Waals surface area contributed by atoms with E-state index in [9.17, 15) is 9.59 Å². The largest absolute Gasteiger partial charge is 0.478 e. The number of aryl methyl sites for hydroxylation is 1. The number of benzene rings is 1. The Morgan fingerprint density at radius 1 is 1.14 bits per heavy atom. The molecule has 1 aliphatic heterocycles. The van der Waals surface area contributed by atoms with Gasteiger partial charge in [-0.3, -0.25) is 4.79 Å². The number of nitrogens with zero attached hydrogens (tertiary/aromatic N) is 3. The summed E-state index contributed by atoms with van der Waals surface area (Å²) in [5.74, 6) is -1.10. The molecule has 1 N–H and O–H groups in total. The molecular formula is C15H13N3O3.